The van der Waals surface area contributed by atoms with Gasteiger partial charge in [0.25, 0.3) is 10.0 Å². The van der Waals surface area contributed by atoms with Crippen LogP contribution in [0.1, 0.15) is 44.7 Å². The van der Waals surface area contributed by atoms with Crippen LogP contribution in [0.15, 0.2) is 89.8 Å². The normalized spacial score (nSPS) is 12.0. The first-order valence-corrected chi connectivity index (χ1v) is 14.0. The van der Waals surface area contributed by atoms with Crippen LogP contribution < -0.4 is 4.31 Å². The molecule has 204 valence electrons. The van der Waals surface area contributed by atoms with Crippen LogP contribution >= 0.6 is 0 Å². The van der Waals surface area contributed by atoms with E-state index in [1.165, 1.54) is 31.4 Å². The molecule has 0 aliphatic rings. The fraction of sp³-hybridized carbons (Fsp3) is 0.290. The van der Waals surface area contributed by atoms with Gasteiger partial charge in [-0.15, -0.1) is 0 Å². The van der Waals surface area contributed by atoms with E-state index in [0.717, 1.165) is 12.0 Å². The molecule has 3 aromatic carbocycles. The second-order valence-electron chi connectivity index (χ2n) is 9.86. The number of hydrogen-bond acceptors (Lipinski definition) is 6. The van der Waals surface area contributed by atoms with Crippen molar-refractivity contribution >= 4 is 27.8 Å². The Bertz CT molecular complexity index is 1420. The fourth-order valence-electron chi connectivity index (χ4n) is 3.76. The maximum Gasteiger partial charge on any atom is 0.429 e. The molecule has 0 aliphatic carbocycles. The molecule has 39 heavy (non-hydrogen) atoms. The second-order valence-corrected chi connectivity index (χ2v) is 11.6. The summed E-state index contributed by atoms with van der Waals surface area (Å²) in [5.41, 5.74) is 0.985. The average molecular weight is 548 g/mol. The van der Waals surface area contributed by atoms with Crippen molar-refractivity contribution in [2.45, 2.75) is 50.5 Å². The summed E-state index contributed by atoms with van der Waals surface area (Å²) in [5.74, 6) is 5.31. The lowest BCUT2D eigenvalue weighted by Gasteiger charge is -2.27. The van der Waals surface area contributed by atoms with Crippen molar-refractivity contribution < 1.29 is 27.5 Å². The lowest BCUT2D eigenvalue weighted by Crippen LogP contribution is -2.41. The highest BCUT2D eigenvalue weighted by atomic mass is 32.2. The Morgan fingerprint density at radius 1 is 0.897 bits per heavy atom. The standard InChI is InChI=1S/C31H33NO6S/c1-31(2,3)38-30(34)32(27-16-9-6-10-17-27)39(35,36)28-22-19-25(20-23-28)14-11-15-26(29(33)37-4)21-18-24-12-7-5-8-13-24/h5-10,12-13,16-17,19-20,22-23,26H,15,18,21H2,1-4H3. The van der Waals surface area contributed by atoms with Crippen LogP contribution in [0.25, 0.3) is 0 Å². The van der Waals surface area contributed by atoms with Crippen LogP contribution in [-0.2, 0) is 30.7 Å². The summed E-state index contributed by atoms with van der Waals surface area (Å²) < 4.78 is 38.0. The molecule has 0 aromatic heterocycles. The third-order valence-electron chi connectivity index (χ3n) is 5.68. The van der Waals surface area contributed by atoms with Crippen LogP contribution in [0.4, 0.5) is 10.5 Å². The number of amides is 1. The molecule has 0 saturated carbocycles. The molecule has 1 amide bonds. The summed E-state index contributed by atoms with van der Waals surface area (Å²) >= 11 is 0. The number of benzene rings is 3. The van der Waals surface area contributed by atoms with E-state index in [2.05, 4.69) is 11.8 Å². The zero-order valence-corrected chi connectivity index (χ0v) is 23.4. The van der Waals surface area contributed by atoms with Crippen molar-refractivity contribution in [1.82, 2.24) is 0 Å². The number of aryl methyl sites for hydroxylation is 1. The van der Waals surface area contributed by atoms with E-state index in [0.29, 0.717) is 22.7 Å². The van der Waals surface area contributed by atoms with Gasteiger partial charge in [0.15, 0.2) is 0 Å². The minimum absolute atomic E-state index is 0.0851. The molecule has 0 radical (unpaired) electrons. The van der Waals surface area contributed by atoms with Crippen LogP contribution in [0, 0.1) is 17.8 Å². The zero-order valence-electron chi connectivity index (χ0n) is 22.6. The molecule has 0 fully saturated rings. The smallest absolute Gasteiger partial charge is 0.429 e. The number of esters is 1. The van der Waals surface area contributed by atoms with E-state index >= 15 is 0 Å². The number of nitrogens with zero attached hydrogens (tertiary/aromatic N) is 1. The van der Waals surface area contributed by atoms with E-state index in [-0.39, 0.29) is 22.5 Å². The molecule has 0 heterocycles. The fourth-order valence-corrected chi connectivity index (χ4v) is 5.08. The van der Waals surface area contributed by atoms with Gasteiger partial charge in [0, 0.05) is 12.0 Å². The molecular weight excluding hydrogens is 514 g/mol. The van der Waals surface area contributed by atoms with Gasteiger partial charge < -0.3 is 9.47 Å². The Morgan fingerprint density at radius 2 is 1.49 bits per heavy atom. The number of hydrogen-bond donors (Lipinski definition) is 0. The number of anilines is 1. The largest absolute Gasteiger partial charge is 0.469 e. The Kier molecular flexibility index (Phi) is 9.91. The SMILES string of the molecule is COC(=O)C(CC#Cc1ccc(S(=O)(=O)N(C(=O)OC(C)(C)C)c2ccccc2)cc1)CCc1ccccc1. The number of carbonyl (C=O) groups is 2. The number of sulfonamides is 1. The molecule has 0 N–H and O–H groups in total. The third kappa shape index (κ3) is 8.45. The minimum Gasteiger partial charge on any atom is -0.469 e. The third-order valence-corrected chi connectivity index (χ3v) is 7.39. The van der Waals surface area contributed by atoms with Crippen molar-refractivity contribution in [3.63, 3.8) is 0 Å². The van der Waals surface area contributed by atoms with Crippen LogP contribution in [0.2, 0.25) is 0 Å². The first kappa shape index (κ1) is 29.5. The van der Waals surface area contributed by atoms with Crippen molar-refractivity contribution in [2.75, 3.05) is 11.4 Å². The van der Waals surface area contributed by atoms with Gasteiger partial charge in [0.2, 0.25) is 0 Å². The van der Waals surface area contributed by atoms with Crippen molar-refractivity contribution in [3.05, 3.63) is 96.1 Å². The molecule has 1 unspecified atom stereocenters. The number of ether oxygens (including phenoxy) is 2. The number of para-hydroxylation sites is 1. The van der Waals surface area contributed by atoms with Crippen molar-refractivity contribution in [2.24, 2.45) is 5.92 Å². The van der Waals surface area contributed by atoms with Crippen molar-refractivity contribution in [3.8, 4) is 11.8 Å². The van der Waals surface area contributed by atoms with E-state index in [4.69, 9.17) is 9.47 Å². The summed E-state index contributed by atoms with van der Waals surface area (Å²) in [5, 5.41) is 0. The molecule has 3 rings (SSSR count). The van der Waals surface area contributed by atoms with Gasteiger partial charge >= 0.3 is 12.1 Å². The molecule has 0 aliphatic heterocycles. The minimum atomic E-state index is -4.28. The molecule has 1 atom stereocenters. The predicted molar refractivity (Wildman–Crippen MR) is 151 cm³/mol. The highest BCUT2D eigenvalue weighted by molar-refractivity contribution is 7.93. The average Bonchev–Trinajstić information content (AvgIpc) is 2.90. The Morgan fingerprint density at radius 3 is 2.05 bits per heavy atom. The monoisotopic (exact) mass is 547 g/mol. The first-order chi connectivity index (χ1) is 18.5. The van der Waals surface area contributed by atoms with E-state index in [1.54, 1.807) is 51.1 Å². The zero-order chi connectivity index (χ0) is 28.5. The molecule has 7 nitrogen and oxygen atoms in total. The quantitative estimate of drug-likeness (QED) is 0.255. The topological polar surface area (TPSA) is 90.0 Å². The summed E-state index contributed by atoms with van der Waals surface area (Å²) in [7, 11) is -2.91. The molecular formula is C31H33NO6S. The lowest BCUT2D eigenvalue weighted by atomic mass is 9.96. The maximum absolute atomic E-state index is 13.5. The lowest BCUT2D eigenvalue weighted by molar-refractivity contribution is -0.145. The van der Waals surface area contributed by atoms with Crippen LogP contribution in [-0.4, -0.2) is 33.2 Å². The van der Waals surface area contributed by atoms with Gasteiger partial charge in [-0.05, 0) is 75.6 Å². The predicted octanol–water partition coefficient (Wildman–Crippen LogP) is 5.98. The molecule has 0 bridgehead atoms. The summed E-state index contributed by atoms with van der Waals surface area (Å²) in [6, 6.07) is 23.9. The Labute approximate surface area is 230 Å². The molecule has 0 spiro atoms. The number of rotatable bonds is 8. The second kappa shape index (κ2) is 13.1. The molecule has 8 heteroatoms. The van der Waals surface area contributed by atoms with Crippen LogP contribution in [0.3, 0.4) is 0 Å². The Balaban J connectivity index is 1.77. The van der Waals surface area contributed by atoms with Gasteiger partial charge in [-0.1, -0.05) is 60.4 Å². The van der Waals surface area contributed by atoms with Gasteiger partial charge in [-0.2, -0.15) is 4.31 Å². The van der Waals surface area contributed by atoms with Gasteiger partial charge in [0.05, 0.1) is 23.6 Å². The summed E-state index contributed by atoms with van der Waals surface area (Å²) in [6.45, 7) is 5.00. The van der Waals surface area contributed by atoms with E-state index < -0.39 is 21.7 Å². The number of carbonyl (C=O) groups excluding carboxylic acids is 2. The molecule has 3 aromatic rings. The Hall–Kier alpha value is -4.09. The molecule has 0 saturated heterocycles. The van der Waals surface area contributed by atoms with E-state index in [1.807, 2.05) is 30.3 Å². The highest BCUT2D eigenvalue weighted by Crippen LogP contribution is 2.26. The highest BCUT2D eigenvalue weighted by Gasteiger charge is 2.34. The number of methoxy groups -OCH3 is 1. The van der Waals surface area contributed by atoms with Gasteiger partial charge in [-0.25, -0.2) is 13.2 Å². The summed E-state index contributed by atoms with van der Waals surface area (Å²) in [6.07, 6.45) is 0.634. The van der Waals surface area contributed by atoms with Crippen molar-refractivity contribution in [1.29, 1.82) is 0 Å². The first-order valence-electron chi connectivity index (χ1n) is 12.6. The summed E-state index contributed by atoms with van der Waals surface area (Å²) in [4.78, 5) is 25.1. The van der Waals surface area contributed by atoms with Gasteiger partial charge in [-0.3, -0.25) is 4.79 Å². The van der Waals surface area contributed by atoms with Crippen LogP contribution in [0.5, 0.6) is 0 Å². The maximum atomic E-state index is 13.5. The van der Waals surface area contributed by atoms with E-state index in [9.17, 15) is 18.0 Å². The van der Waals surface area contributed by atoms with Gasteiger partial charge in [0.1, 0.15) is 5.60 Å².